The molecule has 0 spiro atoms. The average Bonchev–Trinajstić information content (AvgIpc) is 2.34. The number of ether oxygens (including phenoxy) is 2. The zero-order valence-electron chi connectivity index (χ0n) is 8.07. The Morgan fingerprint density at radius 1 is 0.900 bits per heavy atom. The average molecular weight is 334 g/mol. The zero-order valence-corrected chi connectivity index (χ0v) is 8.07. The van der Waals surface area contributed by atoms with Gasteiger partial charge in [0.25, 0.3) is 0 Å². The number of hydrogen-bond acceptors (Lipinski definition) is 3. The van der Waals surface area contributed by atoms with E-state index in [-0.39, 0.29) is 23.1 Å². The van der Waals surface area contributed by atoms with E-state index in [2.05, 4.69) is 9.47 Å². The summed E-state index contributed by atoms with van der Waals surface area (Å²) in [4.78, 5) is 10.2. The summed E-state index contributed by atoms with van der Waals surface area (Å²) in [5, 5.41) is 8.09. The van der Waals surface area contributed by atoms with E-state index >= 15 is 0 Å². The number of halogens is 9. The molecule has 2 atom stereocenters. The van der Waals surface area contributed by atoms with Gasteiger partial charge in [0.05, 0.1) is 0 Å². The Labute approximate surface area is 119 Å². The molecule has 1 heterocycles. The summed E-state index contributed by atoms with van der Waals surface area (Å²) >= 11 is 0. The Morgan fingerprint density at radius 3 is 1.45 bits per heavy atom. The first-order chi connectivity index (χ1) is 8.11. The molecule has 4 nitrogen and oxygen atoms in total. The van der Waals surface area contributed by atoms with Crippen LogP contribution in [0.15, 0.2) is 0 Å². The molecule has 1 aliphatic heterocycles. The fraction of sp³-hybridized carbons (Fsp3) is 0.833. The van der Waals surface area contributed by atoms with Gasteiger partial charge in [0.2, 0.25) is 0 Å². The van der Waals surface area contributed by atoms with Crippen molar-refractivity contribution in [2.24, 2.45) is 0 Å². The van der Waals surface area contributed by atoms with Crippen molar-refractivity contribution in [2.45, 2.75) is 30.1 Å². The summed E-state index contributed by atoms with van der Waals surface area (Å²) in [5.74, 6) is -15.1. The van der Waals surface area contributed by atoms with Crippen LogP contribution in [-0.2, 0) is 14.3 Å². The minimum atomic E-state index is -6.67. The van der Waals surface area contributed by atoms with Crippen LogP contribution in [0.5, 0.6) is 0 Å². The zero-order chi connectivity index (χ0) is 15.5. The molecule has 0 bridgehead atoms. The third-order valence-corrected chi connectivity index (χ3v) is 1.95. The van der Waals surface area contributed by atoms with Crippen LogP contribution in [0.25, 0.3) is 0 Å². The second kappa shape index (κ2) is 4.77. The summed E-state index contributed by atoms with van der Waals surface area (Å²) in [6.07, 6.45) is -19.3. The molecule has 0 amide bonds. The van der Waals surface area contributed by atoms with E-state index in [9.17, 15) is 44.3 Å². The van der Waals surface area contributed by atoms with E-state index in [0.29, 0.717) is 0 Å². The Hall–Kier alpha value is -0.474. The molecule has 1 saturated heterocycles. The number of aliphatic carboxylic acids is 1. The maximum absolute atomic E-state index is 13.0. The number of alkyl halides is 9. The van der Waals surface area contributed by atoms with Gasteiger partial charge in [-0.15, -0.1) is 0 Å². The van der Waals surface area contributed by atoms with Crippen LogP contribution >= 0.6 is 0 Å². The van der Waals surface area contributed by atoms with Crippen LogP contribution in [0, 0.1) is 0 Å². The summed E-state index contributed by atoms with van der Waals surface area (Å²) in [6, 6.07) is 0. The Kier molecular flexibility index (Phi) is 4.66. The van der Waals surface area contributed by atoms with Crippen LogP contribution in [0.3, 0.4) is 0 Å². The van der Waals surface area contributed by atoms with Gasteiger partial charge in [-0.1, -0.05) is 0 Å². The van der Waals surface area contributed by atoms with Gasteiger partial charge in [-0.25, -0.2) is 4.79 Å². The van der Waals surface area contributed by atoms with Crippen molar-refractivity contribution in [3.8, 4) is 0 Å². The third-order valence-electron chi connectivity index (χ3n) is 1.95. The predicted molar refractivity (Wildman–Crippen MR) is 42.0 cm³/mol. The van der Waals surface area contributed by atoms with E-state index in [0.717, 1.165) is 0 Å². The van der Waals surface area contributed by atoms with Crippen molar-refractivity contribution in [1.29, 1.82) is 0 Å². The lowest BCUT2D eigenvalue weighted by Gasteiger charge is -2.26. The van der Waals surface area contributed by atoms with E-state index in [1.54, 1.807) is 0 Å². The number of carboxylic acids is 1. The molecule has 2 unspecified atom stereocenters. The van der Waals surface area contributed by atoms with Crippen molar-refractivity contribution >= 4 is 29.0 Å². The maximum Gasteiger partial charge on any atom is 0.458 e. The van der Waals surface area contributed by atoms with Gasteiger partial charge < -0.3 is 5.11 Å². The Balaban J connectivity index is 0.00000361. The van der Waals surface area contributed by atoms with E-state index < -0.39 is 36.1 Å². The maximum atomic E-state index is 13.0. The molecule has 0 aromatic carbocycles. The molecule has 1 rings (SSSR count). The molecule has 0 radical (unpaired) electrons. The second-order valence-corrected chi connectivity index (χ2v) is 3.23. The normalized spacial score (nSPS) is 33.6. The summed E-state index contributed by atoms with van der Waals surface area (Å²) in [6.45, 7) is 0. The van der Waals surface area contributed by atoms with Crippen LogP contribution in [0.1, 0.15) is 0 Å². The molecular formula is C6H3F9MgO4. The molecule has 20 heavy (non-hydrogen) atoms. The van der Waals surface area contributed by atoms with Gasteiger partial charge >= 0.3 is 59.1 Å². The van der Waals surface area contributed by atoms with Crippen LogP contribution in [0.4, 0.5) is 39.5 Å². The molecule has 0 aromatic rings. The minimum absolute atomic E-state index is 0. The predicted octanol–water partition coefficient (Wildman–Crippen LogP) is 1.28. The van der Waals surface area contributed by atoms with Crippen LogP contribution in [-0.4, -0.2) is 64.2 Å². The number of hydrogen-bond donors (Lipinski definition) is 1. The van der Waals surface area contributed by atoms with Gasteiger partial charge in [0.1, 0.15) is 0 Å². The van der Waals surface area contributed by atoms with Gasteiger partial charge in [0.15, 0.2) is 0 Å². The minimum Gasteiger partial charge on any atom is -0.477 e. The quantitative estimate of drug-likeness (QED) is 0.580. The summed E-state index contributed by atoms with van der Waals surface area (Å²) in [5.41, 5.74) is 0. The highest BCUT2D eigenvalue weighted by atomic mass is 24.3. The number of carboxylic acid groups (broad SMARTS) is 1. The standard InChI is InChI=1S/C6HF9O4.Mg.2H/c7-3(5(11,12)13)6(14,15)19-2(18-3,1(16)17)4(8,9)10;;;/h(H,16,17);;;. The highest BCUT2D eigenvalue weighted by Crippen LogP contribution is 2.58. The summed E-state index contributed by atoms with van der Waals surface area (Å²) < 4.78 is 116. The van der Waals surface area contributed by atoms with E-state index in [4.69, 9.17) is 5.11 Å². The smallest absolute Gasteiger partial charge is 0.458 e. The highest BCUT2D eigenvalue weighted by molar-refractivity contribution is 5.77. The molecular weight excluding hydrogens is 331 g/mol. The number of carbonyl (C=O) groups is 1. The topological polar surface area (TPSA) is 55.8 Å². The monoisotopic (exact) mass is 334 g/mol. The van der Waals surface area contributed by atoms with Crippen molar-refractivity contribution in [1.82, 2.24) is 0 Å². The van der Waals surface area contributed by atoms with E-state index in [1.807, 2.05) is 0 Å². The van der Waals surface area contributed by atoms with Gasteiger partial charge in [-0.2, -0.15) is 39.5 Å². The fourth-order valence-electron chi connectivity index (χ4n) is 1.07. The van der Waals surface area contributed by atoms with Crippen LogP contribution in [0.2, 0.25) is 0 Å². The Bertz CT molecular complexity index is 406. The van der Waals surface area contributed by atoms with Crippen molar-refractivity contribution in [2.75, 3.05) is 0 Å². The first-order valence-electron chi connectivity index (χ1n) is 3.95. The first-order valence-corrected chi connectivity index (χ1v) is 3.95. The SMILES string of the molecule is O=C(O)C1(C(F)(F)F)OC(F)(F)C(F)(C(F)(F)F)O1.[MgH2]. The van der Waals surface area contributed by atoms with Crippen LogP contribution < -0.4 is 0 Å². The molecule has 0 aromatic heterocycles. The van der Waals surface area contributed by atoms with E-state index in [1.165, 1.54) is 0 Å². The van der Waals surface area contributed by atoms with Crippen molar-refractivity contribution in [3.63, 3.8) is 0 Å². The lowest BCUT2D eigenvalue weighted by molar-refractivity contribution is -0.397. The lowest BCUT2D eigenvalue weighted by atomic mass is 10.2. The van der Waals surface area contributed by atoms with Gasteiger partial charge in [-0.3, -0.25) is 9.47 Å². The molecule has 1 fully saturated rings. The Morgan fingerprint density at radius 2 is 1.30 bits per heavy atom. The summed E-state index contributed by atoms with van der Waals surface area (Å²) in [7, 11) is 0. The second-order valence-electron chi connectivity index (χ2n) is 3.23. The fourth-order valence-corrected chi connectivity index (χ4v) is 1.07. The van der Waals surface area contributed by atoms with Crippen molar-refractivity contribution < 1.29 is 58.9 Å². The van der Waals surface area contributed by atoms with Crippen molar-refractivity contribution in [3.05, 3.63) is 0 Å². The third kappa shape index (κ3) is 2.41. The molecule has 116 valence electrons. The molecule has 14 heteroatoms. The lowest BCUT2D eigenvalue weighted by Crippen LogP contribution is -2.56. The highest BCUT2D eigenvalue weighted by Gasteiger charge is 2.89. The molecule has 0 aliphatic carbocycles. The molecule has 1 aliphatic rings. The molecule has 1 N–H and O–H groups in total. The van der Waals surface area contributed by atoms with Gasteiger partial charge in [0, 0.05) is 0 Å². The molecule has 0 saturated carbocycles. The number of rotatable bonds is 1. The largest absolute Gasteiger partial charge is 0.477 e. The van der Waals surface area contributed by atoms with Gasteiger partial charge in [-0.05, 0) is 0 Å². The first kappa shape index (κ1) is 19.5.